The molecule has 106 valence electrons. The van der Waals surface area contributed by atoms with Gasteiger partial charge in [-0.15, -0.1) is 0 Å². The van der Waals surface area contributed by atoms with Crippen molar-refractivity contribution in [1.29, 1.82) is 0 Å². The summed E-state index contributed by atoms with van der Waals surface area (Å²) in [6, 6.07) is 9.07. The summed E-state index contributed by atoms with van der Waals surface area (Å²) >= 11 is 8.94. The van der Waals surface area contributed by atoms with Crippen LogP contribution in [0.1, 0.15) is 17.2 Å². The summed E-state index contributed by atoms with van der Waals surface area (Å²) in [4.78, 5) is 0. The molecule has 0 fully saturated rings. The van der Waals surface area contributed by atoms with Crippen LogP contribution in [0.4, 0.5) is 8.78 Å². The monoisotopic (exact) mass is 359 g/mol. The Labute approximate surface area is 130 Å². The summed E-state index contributed by atoms with van der Waals surface area (Å²) in [6.45, 7) is 0. The summed E-state index contributed by atoms with van der Waals surface area (Å²) in [6.07, 6.45) is 0.345. The molecule has 0 amide bonds. The fourth-order valence-electron chi connectivity index (χ4n) is 2.06. The third-order valence-electron chi connectivity index (χ3n) is 3.13. The van der Waals surface area contributed by atoms with Gasteiger partial charge in [-0.3, -0.25) is 0 Å². The van der Waals surface area contributed by atoms with E-state index < -0.39 is 0 Å². The molecule has 0 saturated heterocycles. The topological polar surface area (TPSA) is 12.0 Å². The second-order valence-corrected chi connectivity index (χ2v) is 5.80. The first-order chi connectivity index (χ1) is 9.51. The van der Waals surface area contributed by atoms with Crippen LogP contribution in [-0.2, 0) is 6.42 Å². The van der Waals surface area contributed by atoms with E-state index in [1.54, 1.807) is 31.3 Å². The highest BCUT2D eigenvalue weighted by molar-refractivity contribution is 9.10. The van der Waals surface area contributed by atoms with Crippen LogP contribution in [0.5, 0.6) is 0 Å². The molecule has 2 rings (SSSR count). The van der Waals surface area contributed by atoms with Crippen LogP contribution in [0.25, 0.3) is 0 Å². The molecule has 0 radical (unpaired) electrons. The largest absolute Gasteiger partial charge is 0.313 e. The van der Waals surface area contributed by atoms with E-state index in [2.05, 4.69) is 21.2 Å². The molecule has 1 nitrogen and oxygen atoms in total. The third kappa shape index (κ3) is 3.57. The normalized spacial score (nSPS) is 12.4. The SMILES string of the molecule is CNC(Cc1ccc(Cl)cc1F)c1ccc(Br)cc1F. The summed E-state index contributed by atoms with van der Waals surface area (Å²) in [5.74, 6) is -0.705. The van der Waals surface area contributed by atoms with E-state index in [1.807, 2.05) is 0 Å². The van der Waals surface area contributed by atoms with Gasteiger partial charge in [0.1, 0.15) is 11.6 Å². The van der Waals surface area contributed by atoms with Crippen LogP contribution in [-0.4, -0.2) is 7.05 Å². The van der Waals surface area contributed by atoms with E-state index in [-0.39, 0.29) is 17.7 Å². The smallest absolute Gasteiger partial charge is 0.129 e. The zero-order chi connectivity index (χ0) is 14.7. The van der Waals surface area contributed by atoms with E-state index in [0.717, 1.165) is 0 Å². The van der Waals surface area contributed by atoms with E-state index in [1.165, 1.54) is 12.1 Å². The van der Waals surface area contributed by atoms with Crippen LogP contribution in [0, 0.1) is 11.6 Å². The Morgan fingerprint density at radius 1 is 1.15 bits per heavy atom. The molecule has 2 aromatic carbocycles. The van der Waals surface area contributed by atoms with Gasteiger partial charge in [-0.25, -0.2) is 8.78 Å². The van der Waals surface area contributed by atoms with Crippen molar-refractivity contribution in [2.75, 3.05) is 7.05 Å². The second kappa shape index (κ2) is 6.66. The van der Waals surface area contributed by atoms with Crippen LogP contribution in [0.15, 0.2) is 40.9 Å². The second-order valence-electron chi connectivity index (χ2n) is 4.45. The lowest BCUT2D eigenvalue weighted by Crippen LogP contribution is -2.20. The Bertz CT molecular complexity index is 619. The minimum absolute atomic E-state index is 0.307. The minimum atomic E-state index is -0.379. The maximum atomic E-state index is 14.0. The Balaban J connectivity index is 2.28. The number of hydrogen-bond donors (Lipinski definition) is 1. The number of hydrogen-bond acceptors (Lipinski definition) is 1. The van der Waals surface area contributed by atoms with Gasteiger partial charge in [0, 0.05) is 21.1 Å². The summed E-state index contributed by atoms with van der Waals surface area (Å²) < 4.78 is 28.5. The van der Waals surface area contributed by atoms with E-state index in [4.69, 9.17) is 11.6 Å². The van der Waals surface area contributed by atoms with Crippen LogP contribution in [0.3, 0.4) is 0 Å². The average Bonchev–Trinajstić information content (AvgIpc) is 2.39. The van der Waals surface area contributed by atoms with Crippen molar-refractivity contribution in [1.82, 2.24) is 5.32 Å². The summed E-state index contributed by atoms with van der Waals surface area (Å²) in [5.41, 5.74) is 1.00. The number of nitrogens with one attached hydrogen (secondary N) is 1. The van der Waals surface area contributed by atoms with Crippen molar-refractivity contribution in [3.8, 4) is 0 Å². The Morgan fingerprint density at radius 3 is 2.50 bits per heavy atom. The van der Waals surface area contributed by atoms with Crippen molar-refractivity contribution in [3.05, 3.63) is 68.7 Å². The van der Waals surface area contributed by atoms with E-state index in [9.17, 15) is 8.78 Å². The fraction of sp³-hybridized carbons (Fsp3) is 0.200. The quantitative estimate of drug-likeness (QED) is 0.819. The van der Waals surface area contributed by atoms with Gasteiger partial charge in [-0.05, 0) is 43.3 Å². The van der Waals surface area contributed by atoms with E-state index >= 15 is 0 Å². The maximum absolute atomic E-state index is 14.0. The van der Waals surface area contributed by atoms with Crippen molar-refractivity contribution >= 4 is 27.5 Å². The summed E-state index contributed by atoms with van der Waals surface area (Å²) in [7, 11) is 1.72. The maximum Gasteiger partial charge on any atom is 0.129 e. The van der Waals surface area contributed by atoms with Gasteiger partial charge >= 0.3 is 0 Å². The molecule has 0 aliphatic heterocycles. The van der Waals surface area contributed by atoms with Gasteiger partial charge in [0.05, 0.1) is 0 Å². The average molecular weight is 361 g/mol. The van der Waals surface area contributed by atoms with Crippen LogP contribution < -0.4 is 5.32 Å². The standard InChI is InChI=1S/C15H13BrClF2N/c1-20-15(12-5-3-10(16)7-14(12)19)6-9-2-4-11(17)8-13(9)18/h2-5,7-8,15,20H,6H2,1H3. The highest BCUT2D eigenvalue weighted by Gasteiger charge is 2.16. The fourth-order valence-corrected chi connectivity index (χ4v) is 2.55. The number of halogens is 4. The minimum Gasteiger partial charge on any atom is -0.313 e. The van der Waals surface area contributed by atoms with Crippen molar-refractivity contribution in [2.24, 2.45) is 0 Å². The third-order valence-corrected chi connectivity index (χ3v) is 3.85. The zero-order valence-corrected chi connectivity index (χ0v) is 13.1. The Morgan fingerprint density at radius 2 is 1.90 bits per heavy atom. The molecule has 1 atom stereocenters. The van der Waals surface area contributed by atoms with Crippen molar-refractivity contribution < 1.29 is 8.78 Å². The highest BCUT2D eigenvalue weighted by Crippen LogP contribution is 2.25. The first-order valence-corrected chi connectivity index (χ1v) is 7.24. The lowest BCUT2D eigenvalue weighted by atomic mass is 9.98. The first kappa shape index (κ1) is 15.4. The molecule has 5 heteroatoms. The zero-order valence-electron chi connectivity index (χ0n) is 10.8. The molecule has 1 N–H and O–H groups in total. The van der Waals surface area contributed by atoms with Crippen LogP contribution >= 0.6 is 27.5 Å². The van der Waals surface area contributed by atoms with Gasteiger partial charge < -0.3 is 5.32 Å². The molecule has 0 aliphatic rings. The molecule has 0 spiro atoms. The van der Waals surface area contributed by atoms with Crippen LogP contribution in [0.2, 0.25) is 5.02 Å². The lowest BCUT2D eigenvalue weighted by molar-refractivity contribution is 0.519. The van der Waals surface area contributed by atoms with Gasteiger partial charge in [0.15, 0.2) is 0 Å². The molecule has 0 saturated carbocycles. The molecule has 0 bridgehead atoms. The predicted octanol–water partition coefficient (Wildman–Crippen LogP) is 4.88. The van der Waals surface area contributed by atoms with E-state index in [0.29, 0.717) is 27.0 Å². The summed E-state index contributed by atoms with van der Waals surface area (Å²) in [5, 5.41) is 3.36. The van der Waals surface area contributed by atoms with Gasteiger partial charge in [0.2, 0.25) is 0 Å². The van der Waals surface area contributed by atoms with Gasteiger partial charge in [-0.1, -0.05) is 39.7 Å². The first-order valence-electron chi connectivity index (χ1n) is 6.07. The van der Waals surface area contributed by atoms with Crippen molar-refractivity contribution in [3.63, 3.8) is 0 Å². The molecule has 0 aromatic heterocycles. The molecule has 2 aromatic rings. The molecule has 0 heterocycles. The lowest BCUT2D eigenvalue weighted by Gasteiger charge is -2.18. The molecule has 1 unspecified atom stereocenters. The molecule has 0 aliphatic carbocycles. The van der Waals surface area contributed by atoms with Gasteiger partial charge in [0.25, 0.3) is 0 Å². The Kier molecular flexibility index (Phi) is 5.13. The van der Waals surface area contributed by atoms with Crippen molar-refractivity contribution in [2.45, 2.75) is 12.5 Å². The highest BCUT2D eigenvalue weighted by atomic mass is 79.9. The molecule has 20 heavy (non-hydrogen) atoms. The Hall–Kier alpha value is -0.970. The molecular formula is C15H13BrClF2N. The van der Waals surface area contributed by atoms with Gasteiger partial charge in [-0.2, -0.15) is 0 Å². The predicted molar refractivity (Wildman–Crippen MR) is 81.0 cm³/mol. The molecular weight excluding hydrogens is 348 g/mol. The number of likely N-dealkylation sites (N-methyl/N-ethyl adjacent to an activating group) is 1. The number of benzene rings is 2. The number of rotatable bonds is 4.